The number of sulfone groups is 1. The van der Waals surface area contributed by atoms with Gasteiger partial charge < -0.3 is 4.79 Å². The molecule has 86 valence electrons. The second-order valence-electron chi connectivity index (χ2n) is 4.00. The van der Waals surface area contributed by atoms with Crippen molar-refractivity contribution in [2.24, 2.45) is 0 Å². The Morgan fingerprint density at radius 2 is 2.00 bits per heavy atom. The van der Waals surface area contributed by atoms with E-state index in [0.29, 0.717) is 24.2 Å². The quantitative estimate of drug-likeness (QED) is 0.782. The lowest BCUT2D eigenvalue weighted by molar-refractivity contribution is -0.111. The number of hydrogen-bond donors (Lipinski definition) is 0. The largest absolute Gasteiger partial charge is 0.302 e. The Hall–Kier alpha value is -0.870. The van der Waals surface area contributed by atoms with E-state index < -0.39 is 14.6 Å². The molecule has 0 spiro atoms. The highest BCUT2D eigenvalue weighted by Crippen LogP contribution is 2.41. The first kappa shape index (κ1) is 11.6. The SMILES string of the molecule is O=CC1(S(=O)(=O)c2cccc(Cl)c2)CCC1. The van der Waals surface area contributed by atoms with E-state index in [2.05, 4.69) is 0 Å². The van der Waals surface area contributed by atoms with Crippen molar-refractivity contribution in [1.82, 2.24) is 0 Å². The molecule has 1 saturated carbocycles. The van der Waals surface area contributed by atoms with E-state index in [0.717, 1.165) is 6.42 Å². The van der Waals surface area contributed by atoms with Crippen LogP contribution in [0.1, 0.15) is 19.3 Å². The van der Waals surface area contributed by atoms with Gasteiger partial charge in [-0.1, -0.05) is 17.7 Å². The topological polar surface area (TPSA) is 51.2 Å². The number of carbonyl (C=O) groups is 1. The predicted molar refractivity (Wildman–Crippen MR) is 61.3 cm³/mol. The Kier molecular flexibility index (Phi) is 2.80. The van der Waals surface area contributed by atoms with Crippen LogP contribution >= 0.6 is 11.6 Å². The zero-order chi connectivity index (χ0) is 11.8. The van der Waals surface area contributed by atoms with Gasteiger partial charge in [0.2, 0.25) is 0 Å². The van der Waals surface area contributed by atoms with Crippen molar-refractivity contribution in [3.8, 4) is 0 Å². The molecule has 2 rings (SSSR count). The number of rotatable bonds is 3. The van der Waals surface area contributed by atoms with Crippen LogP contribution in [-0.4, -0.2) is 19.5 Å². The Labute approximate surface area is 99.3 Å². The summed E-state index contributed by atoms with van der Waals surface area (Å²) in [7, 11) is -3.59. The number of benzene rings is 1. The van der Waals surface area contributed by atoms with Crippen molar-refractivity contribution in [3.63, 3.8) is 0 Å². The second-order valence-corrected chi connectivity index (χ2v) is 6.72. The normalized spacial score (nSPS) is 18.8. The summed E-state index contributed by atoms with van der Waals surface area (Å²) in [6, 6.07) is 6.05. The molecule has 0 aromatic heterocycles. The number of hydrogen-bond acceptors (Lipinski definition) is 3. The highest BCUT2D eigenvalue weighted by molar-refractivity contribution is 7.93. The first-order valence-corrected chi connectivity index (χ1v) is 6.84. The van der Waals surface area contributed by atoms with Gasteiger partial charge >= 0.3 is 0 Å². The monoisotopic (exact) mass is 258 g/mol. The van der Waals surface area contributed by atoms with Crippen LogP contribution in [0.15, 0.2) is 29.2 Å². The van der Waals surface area contributed by atoms with Crippen LogP contribution in [0.2, 0.25) is 5.02 Å². The summed E-state index contributed by atoms with van der Waals surface area (Å²) >= 11 is 5.75. The summed E-state index contributed by atoms with van der Waals surface area (Å²) < 4.78 is 23.2. The minimum Gasteiger partial charge on any atom is -0.302 e. The lowest BCUT2D eigenvalue weighted by atomic mass is 9.86. The van der Waals surface area contributed by atoms with Gasteiger partial charge in [0.1, 0.15) is 11.0 Å². The fourth-order valence-electron chi connectivity index (χ4n) is 1.84. The van der Waals surface area contributed by atoms with Gasteiger partial charge in [-0.25, -0.2) is 8.42 Å². The number of aldehydes is 1. The molecule has 0 saturated heterocycles. The Bertz CT molecular complexity index is 518. The molecule has 0 bridgehead atoms. The molecule has 0 amide bonds. The molecule has 0 radical (unpaired) electrons. The van der Waals surface area contributed by atoms with E-state index in [1.165, 1.54) is 12.1 Å². The van der Waals surface area contributed by atoms with E-state index >= 15 is 0 Å². The summed E-state index contributed by atoms with van der Waals surface area (Å²) in [6.45, 7) is 0. The molecular formula is C11H11ClO3S. The van der Waals surface area contributed by atoms with Crippen molar-refractivity contribution in [2.45, 2.75) is 28.9 Å². The summed E-state index contributed by atoms with van der Waals surface area (Å²) in [6.07, 6.45) is 2.15. The molecule has 0 heterocycles. The van der Waals surface area contributed by atoms with E-state index in [1.54, 1.807) is 12.1 Å². The zero-order valence-electron chi connectivity index (χ0n) is 8.52. The molecule has 5 heteroatoms. The van der Waals surface area contributed by atoms with Crippen molar-refractivity contribution in [2.75, 3.05) is 0 Å². The maximum Gasteiger partial charge on any atom is 0.190 e. The fourth-order valence-corrected chi connectivity index (χ4v) is 4.06. The van der Waals surface area contributed by atoms with E-state index in [1.807, 2.05) is 0 Å². The molecule has 0 atom stereocenters. The fraction of sp³-hybridized carbons (Fsp3) is 0.364. The van der Waals surface area contributed by atoms with Crippen molar-refractivity contribution in [3.05, 3.63) is 29.3 Å². The first-order chi connectivity index (χ1) is 7.52. The van der Waals surface area contributed by atoms with Gasteiger partial charge in [-0.3, -0.25) is 0 Å². The third-order valence-corrected chi connectivity index (χ3v) is 5.74. The van der Waals surface area contributed by atoms with Crippen LogP contribution in [0.25, 0.3) is 0 Å². The van der Waals surface area contributed by atoms with Crippen LogP contribution < -0.4 is 0 Å². The smallest absolute Gasteiger partial charge is 0.190 e. The van der Waals surface area contributed by atoms with Gasteiger partial charge in [-0.2, -0.15) is 0 Å². The summed E-state index contributed by atoms with van der Waals surface area (Å²) in [5.74, 6) is 0. The number of halogens is 1. The molecule has 3 nitrogen and oxygen atoms in total. The summed E-state index contributed by atoms with van der Waals surface area (Å²) in [5.41, 5.74) is 0. The average molecular weight is 259 g/mol. The molecule has 1 aliphatic rings. The predicted octanol–water partition coefficient (Wildman–Crippen LogP) is 2.24. The van der Waals surface area contributed by atoms with Gasteiger partial charge in [0, 0.05) is 5.02 Å². The summed E-state index contributed by atoms with van der Waals surface area (Å²) in [5, 5.41) is 0.362. The van der Waals surface area contributed by atoms with Gasteiger partial charge in [-0.05, 0) is 37.5 Å². The highest BCUT2D eigenvalue weighted by atomic mass is 35.5. The van der Waals surface area contributed by atoms with E-state index in [9.17, 15) is 13.2 Å². The first-order valence-electron chi connectivity index (χ1n) is 4.98. The minimum absolute atomic E-state index is 0.131. The van der Waals surface area contributed by atoms with Crippen LogP contribution in [0, 0.1) is 0 Å². The third-order valence-electron chi connectivity index (χ3n) is 3.06. The van der Waals surface area contributed by atoms with Crippen molar-refractivity contribution >= 4 is 27.7 Å². The molecule has 0 unspecified atom stereocenters. The Morgan fingerprint density at radius 3 is 2.44 bits per heavy atom. The standard InChI is InChI=1S/C11H11ClO3S/c12-9-3-1-4-10(7-9)16(14,15)11(8-13)5-2-6-11/h1,3-4,7-8H,2,5-6H2. The highest BCUT2D eigenvalue weighted by Gasteiger charge is 2.49. The molecule has 0 aliphatic heterocycles. The second kappa shape index (κ2) is 3.86. The van der Waals surface area contributed by atoms with E-state index in [-0.39, 0.29) is 4.90 Å². The molecule has 16 heavy (non-hydrogen) atoms. The summed E-state index contributed by atoms with van der Waals surface area (Å²) in [4.78, 5) is 11.1. The lowest BCUT2D eigenvalue weighted by Crippen LogP contribution is -2.46. The van der Waals surface area contributed by atoms with Crippen molar-refractivity contribution < 1.29 is 13.2 Å². The van der Waals surface area contributed by atoms with Gasteiger partial charge in [0.25, 0.3) is 0 Å². The lowest BCUT2D eigenvalue weighted by Gasteiger charge is -2.35. The minimum atomic E-state index is -3.59. The van der Waals surface area contributed by atoms with Gasteiger partial charge in [0.05, 0.1) is 4.90 Å². The van der Waals surface area contributed by atoms with E-state index in [4.69, 9.17) is 11.6 Å². The Balaban J connectivity index is 2.51. The van der Waals surface area contributed by atoms with Crippen molar-refractivity contribution in [1.29, 1.82) is 0 Å². The maximum absolute atomic E-state index is 12.2. The Morgan fingerprint density at radius 1 is 1.31 bits per heavy atom. The van der Waals surface area contributed by atoms with Crippen LogP contribution in [0.5, 0.6) is 0 Å². The van der Waals surface area contributed by atoms with Gasteiger partial charge in [-0.15, -0.1) is 0 Å². The number of carbonyl (C=O) groups excluding carboxylic acids is 1. The van der Waals surface area contributed by atoms with Crippen LogP contribution in [0.4, 0.5) is 0 Å². The molecule has 1 aromatic rings. The molecule has 0 N–H and O–H groups in total. The molecular weight excluding hydrogens is 248 g/mol. The third kappa shape index (κ3) is 1.57. The average Bonchev–Trinajstić information content (AvgIpc) is 2.16. The molecule has 1 aromatic carbocycles. The van der Waals surface area contributed by atoms with Crippen LogP contribution in [-0.2, 0) is 14.6 Å². The van der Waals surface area contributed by atoms with Crippen LogP contribution in [0.3, 0.4) is 0 Å². The van der Waals surface area contributed by atoms with Gasteiger partial charge in [0.15, 0.2) is 9.84 Å². The maximum atomic E-state index is 12.2. The zero-order valence-corrected chi connectivity index (χ0v) is 10.1. The molecule has 1 aliphatic carbocycles. The molecule has 1 fully saturated rings.